The van der Waals surface area contributed by atoms with Gasteiger partial charge in [-0.3, -0.25) is 9.59 Å². The van der Waals surface area contributed by atoms with Crippen LogP contribution in [0.3, 0.4) is 0 Å². The molecule has 8 nitrogen and oxygen atoms in total. The van der Waals surface area contributed by atoms with Crippen LogP contribution in [0, 0.1) is 0 Å². The maximum absolute atomic E-state index is 12.5. The number of carbonyl (C=O) groups is 2. The second-order valence-electron chi connectivity index (χ2n) is 6.79. The molecule has 2 amide bonds. The quantitative estimate of drug-likeness (QED) is 0.694. The van der Waals surface area contributed by atoms with Crippen molar-refractivity contribution in [2.75, 3.05) is 23.3 Å². The number of nitrogens with one attached hydrogen (secondary N) is 2. The summed E-state index contributed by atoms with van der Waals surface area (Å²) in [5.74, 6) is 0.508. The van der Waals surface area contributed by atoms with Crippen molar-refractivity contribution in [3.8, 4) is 0 Å². The van der Waals surface area contributed by atoms with Crippen molar-refractivity contribution < 1.29 is 14.0 Å². The Bertz CT molecular complexity index is 950. The lowest BCUT2D eigenvalue weighted by Gasteiger charge is -2.32. The van der Waals surface area contributed by atoms with Crippen molar-refractivity contribution in [2.24, 2.45) is 0 Å². The molecule has 4 rings (SSSR count). The first-order chi connectivity index (χ1) is 14.2. The molecule has 0 aliphatic carbocycles. The largest absolute Gasteiger partial charge is 0.459 e. The van der Waals surface area contributed by atoms with E-state index >= 15 is 0 Å². The first-order valence-electron chi connectivity index (χ1n) is 9.47. The highest BCUT2D eigenvalue weighted by Gasteiger charge is 2.22. The van der Waals surface area contributed by atoms with E-state index in [1.165, 1.54) is 6.26 Å². The Morgan fingerprint density at radius 3 is 2.34 bits per heavy atom. The Morgan fingerprint density at radius 2 is 1.69 bits per heavy atom. The van der Waals surface area contributed by atoms with Crippen molar-refractivity contribution >= 4 is 23.5 Å². The molecule has 1 aromatic carbocycles. The second-order valence-corrected chi connectivity index (χ2v) is 6.79. The molecule has 1 aliphatic heterocycles. The van der Waals surface area contributed by atoms with E-state index in [4.69, 9.17) is 4.42 Å². The summed E-state index contributed by atoms with van der Waals surface area (Å²) in [5, 5.41) is 5.81. The number of nitrogens with zero attached hydrogens (tertiary/aromatic N) is 3. The van der Waals surface area contributed by atoms with E-state index in [9.17, 15) is 9.59 Å². The van der Waals surface area contributed by atoms with Crippen molar-refractivity contribution in [2.45, 2.75) is 18.9 Å². The number of rotatable bonds is 5. The summed E-state index contributed by atoms with van der Waals surface area (Å²) in [7, 11) is 0. The van der Waals surface area contributed by atoms with E-state index in [1.54, 1.807) is 54.9 Å². The molecule has 2 N–H and O–H groups in total. The minimum Gasteiger partial charge on any atom is -0.459 e. The Labute approximate surface area is 168 Å². The van der Waals surface area contributed by atoms with Crippen molar-refractivity contribution in [1.82, 2.24) is 15.3 Å². The first kappa shape index (κ1) is 18.7. The number of piperidine rings is 1. The summed E-state index contributed by atoms with van der Waals surface area (Å²) < 4.78 is 5.06. The fourth-order valence-electron chi connectivity index (χ4n) is 3.25. The molecule has 3 aromatic rings. The number of carbonyl (C=O) groups excluding carboxylic acids is 2. The van der Waals surface area contributed by atoms with E-state index < -0.39 is 0 Å². The molecule has 8 heteroatoms. The van der Waals surface area contributed by atoms with Gasteiger partial charge in [0.1, 0.15) is 0 Å². The lowest BCUT2D eigenvalue weighted by atomic mass is 10.0. The van der Waals surface area contributed by atoms with E-state index in [2.05, 4.69) is 25.5 Å². The molecule has 29 heavy (non-hydrogen) atoms. The minimum atomic E-state index is -0.332. The van der Waals surface area contributed by atoms with Crippen LogP contribution in [0.5, 0.6) is 0 Å². The van der Waals surface area contributed by atoms with Crippen LogP contribution in [-0.4, -0.2) is 40.9 Å². The summed E-state index contributed by atoms with van der Waals surface area (Å²) in [4.78, 5) is 35.2. The third-order valence-corrected chi connectivity index (χ3v) is 4.82. The highest BCUT2D eigenvalue weighted by atomic mass is 16.3. The van der Waals surface area contributed by atoms with Gasteiger partial charge < -0.3 is 20.0 Å². The van der Waals surface area contributed by atoms with Gasteiger partial charge in [-0.05, 0) is 55.3 Å². The topological polar surface area (TPSA) is 100 Å². The number of hydrogen-bond acceptors (Lipinski definition) is 6. The third kappa shape index (κ3) is 4.60. The van der Waals surface area contributed by atoms with Gasteiger partial charge in [0.05, 0.1) is 6.26 Å². The Balaban J connectivity index is 1.28. The zero-order valence-electron chi connectivity index (χ0n) is 15.7. The monoisotopic (exact) mass is 391 g/mol. The average Bonchev–Trinajstić information content (AvgIpc) is 3.31. The zero-order valence-corrected chi connectivity index (χ0v) is 15.7. The van der Waals surface area contributed by atoms with E-state index in [0.29, 0.717) is 11.3 Å². The molecule has 0 bridgehead atoms. The van der Waals surface area contributed by atoms with Crippen LogP contribution in [-0.2, 0) is 0 Å². The van der Waals surface area contributed by atoms with Gasteiger partial charge in [0.25, 0.3) is 11.8 Å². The van der Waals surface area contributed by atoms with E-state index in [-0.39, 0.29) is 23.6 Å². The maximum Gasteiger partial charge on any atom is 0.291 e. The summed E-state index contributed by atoms with van der Waals surface area (Å²) in [6.07, 6.45) is 6.58. The molecule has 1 saturated heterocycles. The van der Waals surface area contributed by atoms with Crippen LogP contribution in [0.1, 0.15) is 33.8 Å². The van der Waals surface area contributed by atoms with Gasteiger partial charge in [0, 0.05) is 42.8 Å². The Hall–Kier alpha value is -3.68. The first-order valence-corrected chi connectivity index (χ1v) is 9.47. The average molecular weight is 391 g/mol. The number of furan rings is 1. The van der Waals surface area contributed by atoms with Crippen LogP contribution in [0.15, 0.2) is 65.5 Å². The van der Waals surface area contributed by atoms with Crippen LogP contribution in [0.4, 0.5) is 11.6 Å². The standard InChI is InChI=1S/C21H21N5O3/c27-19(24-17-8-12-26(13-9-17)21-22-10-2-11-23-21)15-4-6-16(7-5-15)25-20(28)18-3-1-14-29-18/h1-7,10-11,14,17H,8-9,12-13H2,(H,24,27)(H,25,28). The molecule has 0 unspecified atom stereocenters. The van der Waals surface area contributed by atoms with Crippen LogP contribution < -0.4 is 15.5 Å². The molecule has 3 heterocycles. The third-order valence-electron chi connectivity index (χ3n) is 4.82. The normalized spacial score (nSPS) is 14.4. The SMILES string of the molecule is O=C(NC1CCN(c2ncccn2)CC1)c1ccc(NC(=O)c2ccco2)cc1. The summed E-state index contributed by atoms with van der Waals surface area (Å²) >= 11 is 0. The van der Waals surface area contributed by atoms with Gasteiger partial charge in [0.2, 0.25) is 5.95 Å². The van der Waals surface area contributed by atoms with Gasteiger partial charge in [-0.25, -0.2) is 9.97 Å². The van der Waals surface area contributed by atoms with Gasteiger partial charge in [-0.15, -0.1) is 0 Å². The Kier molecular flexibility index (Phi) is 5.51. The van der Waals surface area contributed by atoms with Gasteiger partial charge >= 0.3 is 0 Å². The summed E-state index contributed by atoms with van der Waals surface area (Å²) in [6, 6.07) is 11.9. The fourth-order valence-corrected chi connectivity index (χ4v) is 3.25. The van der Waals surface area contributed by atoms with Gasteiger partial charge in [-0.2, -0.15) is 0 Å². The van der Waals surface area contributed by atoms with Crippen molar-refractivity contribution in [3.63, 3.8) is 0 Å². The second kappa shape index (κ2) is 8.55. The van der Waals surface area contributed by atoms with Crippen LogP contribution in [0.2, 0.25) is 0 Å². The lowest BCUT2D eigenvalue weighted by Crippen LogP contribution is -2.45. The number of aromatic nitrogens is 2. The van der Waals surface area contributed by atoms with E-state index in [1.807, 2.05) is 0 Å². The molecule has 0 spiro atoms. The van der Waals surface area contributed by atoms with Crippen LogP contribution >= 0.6 is 0 Å². The molecule has 1 aliphatic rings. The number of hydrogen-bond donors (Lipinski definition) is 2. The summed E-state index contributed by atoms with van der Waals surface area (Å²) in [6.45, 7) is 1.60. The highest BCUT2D eigenvalue weighted by Crippen LogP contribution is 2.17. The smallest absolute Gasteiger partial charge is 0.291 e. The lowest BCUT2D eigenvalue weighted by molar-refractivity contribution is 0.0930. The number of benzene rings is 1. The molecule has 1 fully saturated rings. The minimum absolute atomic E-state index is 0.112. The molecule has 2 aromatic heterocycles. The maximum atomic E-state index is 12.5. The molecule has 148 valence electrons. The van der Waals surface area contributed by atoms with Crippen molar-refractivity contribution in [3.05, 3.63) is 72.4 Å². The fraction of sp³-hybridized carbons (Fsp3) is 0.238. The van der Waals surface area contributed by atoms with E-state index in [0.717, 1.165) is 31.9 Å². The zero-order chi connectivity index (χ0) is 20.1. The van der Waals surface area contributed by atoms with Gasteiger partial charge in [0.15, 0.2) is 5.76 Å². The molecular weight excluding hydrogens is 370 g/mol. The molecule has 0 saturated carbocycles. The van der Waals surface area contributed by atoms with Crippen LogP contribution in [0.25, 0.3) is 0 Å². The van der Waals surface area contributed by atoms with Crippen molar-refractivity contribution in [1.29, 1.82) is 0 Å². The predicted octanol–water partition coefficient (Wildman–Crippen LogP) is 2.72. The molecule has 0 radical (unpaired) electrons. The number of anilines is 2. The molecular formula is C21H21N5O3. The summed E-state index contributed by atoms with van der Waals surface area (Å²) in [5.41, 5.74) is 1.15. The highest BCUT2D eigenvalue weighted by molar-refractivity contribution is 6.02. The molecule has 0 atom stereocenters. The predicted molar refractivity (Wildman–Crippen MR) is 108 cm³/mol. The number of amides is 2. The van der Waals surface area contributed by atoms with Gasteiger partial charge in [-0.1, -0.05) is 0 Å². The Morgan fingerprint density at radius 1 is 0.966 bits per heavy atom.